The number of nitrogens with zero attached hydrogens (tertiary/aromatic N) is 2. The van der Waals surface area contributed by atoms with E-state index in [9.17, 15) is 9.18 Å². The quantitative estimate of drug-likeness (QED) is 0.774. The molecular formula is C15H17FN2O. The Kier molecular flexibility index (Phi) is 2.81. The molecule has 0 atom stereocenters. The lowest BCUT2D eigenvalue weighted by Gasteiger charge is -2.15. The molecule has 100 valence electrons. The molecule has 3 rings (SSSR count). The summed E-state index contributed by atoms with van der Waals surface area (Å²) in [5.74, 6) is -0.195. The number of fused-ring (bicyclic) bond motifs is 3. The molecule has 0 bridgehead atoms. The van der Waals surface area contributed by atoms with Crippen LogP contribution in [0.5, 0.6) is 0 Å². The van der Waals surface area contributed by atoms with Gasteiger partial charge in [0.1, 0.15) is 11.5 Å². The van der Waals surface area contributed by atoms with E-state index in [0.717, 1.165) is 48.1 Å². The molecule has 1 amide bonds. The van der Waals surface area contributed by atoms with Crippen LogP contribution in [-0.4, -0.2) is 29.0 Å². The van der Waals surface area contributed by atoms with E-state index >= 15 is 0 Å². The molecular weight excluding hydrogens is 243 g/mol. The minimum atomic E-state index is -0.242. The second kappa shape index (κ2) is 4.37. The molecule has 0 saturated carbocycles. The third-order valence-corrected chi connectivity index (χ3v) is 3.92. The molecule has 3 nitrogen and oxygen atoms in total. The number of rotatable bonds is 1. The van der Waals surface area contributed by atoms with Crippen molar-refractivity contribution in [3.05, 3.63) is 35.3 Å². The average Bonchev–Trinajstić information content (AvgIpc) is 2.62. The van der Waals surface area contributed by atoms with Gasteiger partial charge >= 0.3 is 0 Å². The van der Waals surface area contributed by atoms with Gasteiger partial charge in [0.25, 0.3) is 5.91 Å². The molecule has 1 aromatic carbocycles. The first-order valence-corrected chi connectivity index (χ1v) is 6.69. The molecule has 0 aliphatic carbocycles. The lowest BCUT2D eigenvalue weighted by molar-refractivity contribution is 0.0790. The Labute approximate surface area is 111 Å². The van der Waals surface area contributed by atoms with Gasteiger partial charge in [0.2, 0.25) is 0 Å². The van der Waals surface area contributed by atoms with Crippen molar-refractivity contribution in [1.29, 1.82) is 0 Å². The molecule has 4 heteroatoms. The first-order valence-electron chi connectivity index (χ1n) is 6.69. The maximum atomic E-state index is 13.5. The molecule has 2 heterocycles. The van der Waals surface area contributed by atoms with E-state index in [4.69, 9.17) is 0 Å². The molecule has 0 unspecified atom stereocenters. The van der Waals surface area contributed by atoms with Crippen molar-refractivity contribution in [2.45, 2.75) is 26.3 Å². The second-order valence-corrected chi connectivity index (χ2v) is 5.06. The molecule has 0 saturated heterocycles. The Morgan fingerprint density at radius 2 is 2.16 bits per heavy atom. The Hall–Kier alpha value is -1.84. The van der Waals surface area contributed by atoms with Crippen molar-refractivity contribution in [1.82, 2.24) is 9.47 Å². The van der Waals surface area contributed by atoms with Gasteiger partial charge in [0.15, 0.2) is 0 Å². The summed E-state index contributed by atoms with van der Waals surface area (Å²) in [6.45, 7) is 3.49. The number of hydrogen-bond donors (Lipinski definition) is 0. The highest BCUT2D eigenvalue weighted by Crippen LogP contribution is 2.30. The van der Waals surface area contributed by atoms with Gasteiger partial charge in [0.05, 0.1) is 0 Å². The average molecular weight is 260 g/mol. The highest BCUT2D eigenvalue weighted by molar-refractivity contribution is 6.02. The molecule has 1 aliphatic rings. The Morgan fingerprint density at radius 3 is 2.89 bits per heavy atom. The lowest BCUT2D eigenvalue weighted by Crippen LogP contribution is -2.28. The number of amides is 1. The second-order valence-electron chi connectivity index (χ2n) is 5.06. The monoisotopic (exact) mass is 260 g/mol. The molecule has 2 aromatic rings. The van der Waals surface area contributed by atoms with Crippen LogP contribution in [0.1, 0.15) is 29.4 Å². The topological polar surface area (TPSA) is 25.2 Å². The number of halogens is 1. The van der Waals surface area contributed by atoms with Crippen LogP contribution in [0, 0.1) is 5.82 Å². The van der Waals surface area contributed by atoms with Gasteiger partial charge in [-0.1, -0.05) is 0 Å². The number of aromatic nitrogens is 1. The molecule has 0 spiro atoms. The van der Waals surface area contributed by atoms with E-state index < -0.39 is 0 Å². The van der Waals surface area contributed by atoms with Crippen LogP contribution in [0.4, 0.5) is 4.39 Å². The fourth-order valence-electron chi connectivity index (χ4n) is 3.00. The Balaban J connectivity index is 2.37. The van der Waals surface area contributed by atoms with Gasteiger partial charge in [-0.3, -0.25) is 4.79 Å². The number of carbonyl (C=O) groups is 1. The van der Waals surface area contributed by atoms with Crippen LogP contribution in [-0.2, 0) is 13.0 Å². The molecule has 0 fully saturated rings. The largest absolute Gasteiger partial charge is 0.340 e. The number of aryl methyl sites for hydroxylation is 2. The van der Waals surface area contributed by atoms with Crippen LogP contribution < -0.4 is 0 Å². The van der Waals surface area contributed by atoms with Crippen molar-refractivity contribution in [2.75, 3.05) is 13.6 Å². The van der Waals surface area contributed by atoms with Gasteiger partial charge in [0, 0.05) is 31.0 Å². The Morgan fingerprint density at radius 1 is 1.37 bits per heavy atom. The minimum absolute atomic E-state index is 0.0472. The number of benzene rings is 1. The molecule has 1 aromatic heterocycles. The van der Waals surface area contributed by atoms with Gasteiger partial charge in [-0.05, 0) is 43.5 Å². The van der Waals surface area contributed by atoms with E-state index in [1.54, 1.807) is 17.0 Å². The summed E-state index contributed by atoms with van der Waals surface area (Å²) in [4.78, 5) is 14.2. The lowest BCUT2D eigenvalue weighted by atomic mass is 10.1. The Bertz CT molecular complexity index is 660. The summed E-state index contributed by atoms with van der Waals surface area (Å²) >= 11 is 0. The highest BCUT2D eigenvalue weighted by atomic mass is 19.1. The summed E-state index contributed by atoms with van der Waals surface area (Å²) in [5, 5.41) is 0.889. The van der Waals surface area contributed by atoms with Crippen LogP contribution in [0.2, 0.25) is 0 Å². The number of hydrogen-bond acceptors (Lipinski definition) is 1. The standard InChI is InChI=1S/C15H17FN2O/c1-3-18-13-7-6-10(16)9-12(13)11-5-4-8-17(2)15(19)14(11)18/h6-7,9H,3-5,8H2,1-2H3. The SMILES string of the molecule is CCn1c2c(c3cc(F)ccc31)CCCN(C)C2=O. The number of carbonyl (C=O) groups excluding carboxylic acids is 1. The maximum absolute atomic E-state index is 13.5. The summed E-state index contributed by atoms with van der Waals surface area (Å²) in [5.41, 5.74) is 2.70. The maximum Gasteiger partial charge on any atom is 0.270 e. The van der Waals surface area contributed by atoms with Crippen molar-refractivity contribution in [3.63, 3.8) is 0 Å². The van der Waals surface area contributed by atoms with Crippen LogP contribution >= 0.6 is 0 Å². The highest BCUT2D eigenvalue weighted by Gasteiger charge is 2.26. The molecule has 0 radical (unpaired) electrons. The zero-order valence-corrected chi connectivity index (χ0v) is 11.2. The van der Waals surface area contributed by atoms with Crippen LogP contribution in [0.3, 0.4) is 0 Å². The fraction of sp³-hybridized carbons (Fsp3) is 0.400. The van der Waals surface area contributed by atoms with Gasteiger partial charge < -0.3 is 9.47 Å². The zero-order chi connectivity index (χ0) is 13.6. The van der Waals surface area contributed by atoms with Gasteiger partial charge in [-0.15, -0.1) is 0 Å². The first kappa shape index (κ1) is 12.2. The smallest absolute Gasteiger partial charge is 0.270 e. The third kappa shape index (κ3) is 1.74. The first-order chi connectivity index (χ1) is 9.13. The summed E-state index contributed by atoms with van der Waals surface area (Å²) in [6.07, 6.45) is 1.76. The van der Waals surface area contributed by atoms with Crippen molar-refractivity contribution >= 4 is 16.8 Å². The summed E-state index contributed by atoms with van der Waals surface area (Å²) in [6, 6.07) is 4.79. The zero-order valence-electron chi connectivity index (χ0n) is 11.2. The van der Waals surface area contributed by atoms with E-state index in [1.807, 2.05) is 18.5 Å². The van der Waals surface area contributed by atoms with Crippen molar-refractivity contribution < 1.29 is 9.18 Å². The van der Waals surface area contributed by atoms with E-state index in [2.05, 4.69) is 0 Å². The predicted octanol–water partition coefficient (Wildman–Crippen LogP) is 2.82. The fourth-order valence-corrected chi connectivity index (χ4v) is 3.00. The van der Waals surface area contributed by atoms with E-state index in [1.165, 1.54) is 6.07 Å². The van der Waals surface area contributed by atoms with Crippen molar-refractivity contribution in [3.8, 4) is 0 Å². The third-order valence-electron chi connectivity index (χ3n) is 3.92. The van der Waals surface area contributed by atoms with E-state index in [-0.39, 0.29) is 11.7 Å². The van der Waals surface area contributed by atoms with Gasteiger partial charge in [-0.2, -0.15) is 0 Å². The molecule has 0 N–H and O–H groups in total. The van der Waals surface area contributed by atoms with Crippen LogP contribution in [0.25, 0.3) is 10.9 Å². The van der Waals surface area contributed by atoms with Crippen molar-refractivity contribution in [2.24, 2.45) is 0 Å². The summed E-state index contributed by atoms with van der Waals surface area (Å²) < 4.78 is 15.5. The normalized spacial score (nSPS) is 15.7. The van der Waals surface area contributed by atoms with Gasteiger partial charge in [-0.25, -0.2) is 4.39 Å². The minimum Gasteiger partial charge on any atom is -0.340 e. The predicted molar refractivity (Wildman–Crippen MR) is 72.9 cm³/mol. The van der Waals surface area contributed by atoms with E-state index in [0.29, 0.717) is 0 Å². The molecule has 1 aliphatic heterocycles. The summed E-state index contributed by atoms with van der Waals surface area (Å²) in [7, 11) is 1.83. The van der Waals surface area contributed by atoms with Crippen LogP contribution in [0.15, 0.2) is 18.2 Å². The molecule has 19 heavy (non-hydrogen) atoms.